The van der Waals surface area contributed by atoms with Crippen molar-refractivity contribution in [1.82, 2.24) is 10.2 Å². The number of hydrogen-bond acceptors (Lipinski definition) is 3. The lowest BCUT2D eigenvalue weighted by atomic mass is 10.1. The highest BCUT2D eigenvalue weighted by atomic mass is 19.4. The molecule has 0 spiro atoms. The molecule has 2 N–H and O–H groups in total. The number of nitrogens with one attached hydrogen (secondary N) is 1. The van der Waals surface area contributed by atoms with Gasteiger partial charge in [0, 0.05) is 12.6 Å². The molecule has 0 aliphatic carbocycles. The van der Waals surface area contributed by atoms with Gasteiger partial charge in [0.1, 0.15) is 0 Å². The van der Waals surface area contributed by atoms with Crippen LogP contribution in [0.15, 0.2) is 24.3 Å². The zero-order valence-corrected chi connectivity index (χ0v) is 12.6. The van der Waals surface area contributed by atoms with Crippen molar-refractivity contribution in [2.45, 2.75) is 31.7 Å². The molecule has 120 valence electrons. The van der Waals surface area contributed by atoms with Gasteiger partial charge in [0.05, 0.1) is 11.7 Å². The molecule has 1 aromatic carbocycles. The van der Waals surface area contributed by atoms with Crippen molar-refractivity contribution in [3.05, 3.63) is 35.4 Å². The van der Waals surface area contributed by atoms with E-state index in [-0.39, 0.29) is 6.04 Å². The summed E-state index contributed by atoms with van der Waals surface area (Å²) >= 11 is 0. The molecule has 0 heterocycles. The summed E-state index contributed by atoms with van der Waals surface area (Å²) in [6, 6.07) is 4.86. The predicted octanol–water partition coefficient (Wildman–Crippen LogP) is 2.67. The minimum absolute atomic E-state index is 0.233. The third kappa shape index (κ3) is 6.46. The smallest absolute Gasteiger partial charge is 0.387 e. The van der Waals surface area contributed by atoms with E-state index in [4.69, 9.17) is 0 Å². The Morgan fingerprint density at radius 2 is 1.76 bits per heavy atom. The molecule has 6 heteroatoms. The van der Waals surface area contributed by atoms with Crippen LogP contribution in [0.25, 0.3) is 0 Å². The molecule has 0 aliphatic rings. The van der Waals surface area contributed by atoms with Crippen LogP contribution < -0.4 is 5.32 Å². The fraction of sp³-hybridized carbons (Fsp3) is 0.600. The van der Waals surface area contributed by atoms with Crippen LogP contribution in [-0.2, 0) is 6.18 Å². The van der Waals surface area contributed by atoms with Crippen LogP contribution in [0.1, 0.15) is 30.6 Å². The minimum Gasteiger partial charge on any atom is -0.387 e. The van der Waals surface area contributed by atoms with Crippen molar-refractivity contribution in [1.29, 1.82) is 0 Å². The maximum absolute atomic E-state index is 12.4. The first-order chi connectivity index (χ1) is 9.70. The highest BCUT2D eigenvalue weighted by Gasteiger charge is 2.30. The lowest BCUT2D eigenvalue weighted by molar-refractivity contribution is -0.137. The van der Waals surface area contributed by atoms with Crippen LogP contribution in [0.2, 0.25) is 0 Å². The normalized spacial score (nSPS) is 15.2. The Labute approximate surface area is 123 Å². The van der Waals surface area contributed by atoms with Crippen molar-refractivity contribution >= 4 is 0 Å². The predicted molar refractivity (Wildman–Crippen MR) is 77.0 cm³/mol. The monoisotopic (exact) mass is 304 g/mol. The van der Waals surface area contributed by atoms with Crippen LogP contribution >= 0.6 is 0 Å². The topological polar surface area (TPSA) is 35.5 Å². The van der Waals surface area contributed by atoms with Gasteiger partial charge >= 0.3 is 6.18 Å². The maximum atomic E-state index is 12.4. The number of rotatable bonds is 7. The summed E-state index contributed by atoms with van der Waals surface area (Å²) in [5, 5.41) is 13.2. The average molecular weight is 304 g/mol. The summed E-state index contributed by atoms with van der Waals surface area (Å²) in [6.07, 6.45) is -4.22. The third-order valence-electron chi connectivity index (χ3n) is 3.29. The van der Waals surface area contributed by atoms with Crippen molar-refractivity contribution in [3.63, 3.8) is 0 Å². The van der Waals surface area contributed by atoms with Crippen LogP contribution in [0.4, 0.5) is 13.2 Å². The fourth-order valence-electron chi connectivity index (χ4n) is 1.88. The third-order valence-corrected chi connectivity index (χ3v) is 3.29. The number of alkyl halides is 3. The molecule has 3 nitrogen and oxygen atoms in total. The first kappa shape index (κ1) is 17.9. The van der Waals surface area contributed by atoms with Gasteiger partial charge in [-0.15, -0.1) is 0 Å². The zero-order chi connectivity index (χ0) is 16.0. The van der Waals surface area contributed by atoms with Crippen molar-refractivity contribution < 1.29 is 18.3 Å². The van der Waals surface area contributed by atoms with E-state index in [0.717, 1.165) is 25.1 Å². The lowest BCUT2D eigenvalue weighted by Crippen LogP contribution is -2.33. The highest BCUT2D eigenvalue weighted by Crippen LogP contribution is 2.29. The molecule has 2 atom stereocenters. The molecule has 0 radical (unpaired) electrons. The standard InChI is InChI=1S/C15H23F3N2O/c1-11(8-9-20(2)3)19-10-14(21)12-4-6-13(7-5-12)15(16,17)18/h4-7,11,14,19,21H,8-10H2,1-3H3. The summed E-state index contributed by atoms with van der Waals surface area (Å²) in [5.74, 6) is 0. The molecule has 0 bridgehead atoms. The zero-order valence-electron chi connectivity index (χ0n) is 12.6. The van der Waals surface area contributed by atoms with Gasteiger partial charge in [-0.2, -0.15) is 13.2 Å². The molecule has 21 heavy (non-hydrogen) atoms. The molecule has 0 saturated carbocycles. The average Bonchev–Trinajstić information content (AvgIpc) is 2.41. The number of aliphatic hydroxyl groups excluding tert-OH is 1. The number of benzene rings is 1. The van der Waals surface area contributed by atoms with Gasteiger partial charge in [-0.05, 0) is 51.7 Å². The lowest BCUT2D eigenvalue weighted by Gasteiger charge is -2.19. The number of aliphatic hydroxyl groups is 1. The second-order valence-corrected chi connectivity index (χ2v) is 5.54. The van der Waals surface area contributed by atoms with E-state index in [2.05, 4.69) is 10.2 Å². The van der Waals surface area contributed by atoms with Crippen LogP contribution in [0.5, 0.6) is 0 Å². The molecule has 0 aromatic heterocycles. The fourth-order valence-corrected chi connectivity index (χ4v) is 1.88. The SMILES string of the molecule is CC(CCN(C)C)NCC(O)c1ccc(C(F)(F)F)cc1. The minimum atomic E-state index is -4.34. The molecule has 2 unspecified atom stereocenters. The second-order valence-electron chi connectivity index (χ2n) is 5.54. The summed E-state index contributed by atoms with van der Waals surface area (Å²) < 4.78 is 37.3. The Bertz CT molecular complexity index is 418. The molecular formula is C15H23F3N2O. The molecule has 0 aliphatic heterocycles. The Morgan fingerprint density at radius 3 is 2.24 bits per heavy atom. The van der Waals surface area contributed by atoms with Gasteiger partial charge in [-0.3, -0.25) is 0 Å². The van der Waals surface area contributed by atoms with E-state index in [9.17, 15) is 18.3 Å². The Hall–Kier alpha value is -1.11. The Morgan fingerprint density at radius 1 is 1.19 bits per heavy atom. The van der Waals surface area contributed by atoms with Crippen molar-refractivity contribution in [2.75, 3.05) is 27.2 Å². The van der Waals surface area contributed by atoms with Gasteiger partial charge in [0.2, 0.25) is 0 Å². The largest absolute Gasteiger partial charge is 0.416 e. The van der Waals surface area contributed by atoms with Gasteiger partial charge in [-0.25, -0.2) is 0 Å². The van der Waals surface area contributed by atoms with Gasteiger partial charge in [-0.1, -0.05) is 12.1 Å². The maximum Gasteiger partial charge on any atom is 0.416 e. The van der Waals surface area contributed by atoms with E-state index < -0.39 is 17.8 Å². The van der Waals surface area contributed by atoms with Crippen molar-refractivity contribution in [2.24, 2.45) is 0 Å². The number of halogens is 3. The van der Waals surface area contributed by atoms with Crippen LogP contribution in [0.3, 0.4) is 0 Å². The number of nitrogens with zero attached hydrogens (tertiary/aromatic N) is 1. The van der Waals surface area contributed by atoms with Crippen LogP contribution in [-0.4, -0.2) is 43.2 Å². The number of hydrogen-bond donors (Lipinski definition) is 2. The van der Waals surface area contributed by atoms with E-state index in [1.54, 1.807) is 0 Å². The molecule has 0 fully saturated rings. The summed E-state index contributed by atoms with van der Waals surface area (Å²) in [4.78, 5) is 2.07. The Kier molecular flexibility index (Phi) is 6.64. The van der Waals surface area contributed by atoms with Gasteiger partial charge in [0.25, 0.3) is 0 Å². The quantitative estimate of drug-likeness (QED) is 0.813. The molecule has 0 saturated heterocycles. The van der Waals surface area contributed by atoms with Gasteiger partial charge in [0.15, 0.2) is 0 Å². The Balaban J connectivity index is 2.47. The highest BCUT2D eigenvalue weighted by molar-refractivity contribution is 5.26. The van der Waals surface area contributed by atoms with E-state index >= 15 is 0 Å². The van der Waals surface area contributed by atoms with Gasteiger partial charge < -0.3 is 15.3 Å². The molecular weight excluding hydrogens is 281 g/mol. The van der Waals surface area contributed by atoms with Crippen molar-refractivity contribution in [3.8, 4) is 0 Å². The summed E-state index contributed by atoms with van der Waals surface area (Å²) in [7, 11) is 3.98. The molecule has 1 rings (SSSR count). The first-order valence-electron chi connectivity index (χ1n) is 6.93. The molecule has 1 aromatic rings. The van der Waals surface area contributed by atoms with E-state index in [1.807, 2.05) is 21.0 Å². The second kappa shape index (κ2) is 7.77. The molecule has 0 amide bonds. The van der Waals surface area contributed by atoms with Crippen LogP contribution in [0, 0.1) is 0 Å². The summed E-state index contributed by atoms with van der Waals surface area (Å²) in [5.41, 5.74) is -0.221. The van der Waals surface area contributed by atoms with E-state index in [0.29, 0.717) is 12.1 Å². The van der Waals surface area contributed by atoms with E-state index in [1.165, 1.54) is 12.1 Å². The first-order valence-corrected chi connectivity index (χ1v) is 6.93. The summed E-state index contributed by atoms with van der Waals surface area (Å²) in [6.45, 7) is 3.27.